The lowest BCUT2D eigenvalue weighted by Crippen LogP contribution is -2.30. The molecular weight excluding hydrogens is 214 g/mol. The highest BCUT2D eigenvalue weighted by molar-refractivity contribution is 7.10. The van der Waals surface area contributed by atoms with E-state index in [2.05, 4.69) is 24.9 Å². The zero-order valence-corrected chi connectivity index (χ0v) is 10.9. The first-order valence-electron chi connectivity index (χ1n) is 6.20. The topological polar surface area (TPSA) is 26.0 Å². The van der Waals surface area contributed by atoms with Gasteiger partial charge in [-0.2, -0.15) is 0 Å². The van der Waals surface area contributed by atoms with Gasteiger partial charge in [-0.3, -0.25) is 0 Å². The summed E-state index contributed by atoms with van der Waals surface area (Å²) in [7, 11) is 0. The van der Waals surface area contributed by atoms with Crippen LogP contribution in [0.4, 0.5) is 0 Å². The van der Waals surface area contributed by atoms with Crippen LogP contribution in [0, 0.1) is 0 Å². The molecule has 1 nitrogen and oxygen atoms in total. The van der Waals surface area contributed by atoms with Gasteiger partial charge in [-0.15, -0.1) is 11.3 Å². The molecule has 0 amide bonds. The molecule has 2 unspecified atom stereocenters. The van der Waals surface area contributed by atoms with Crippen molar-refractivity contribution in [2.75, 3.05) is 0 Å². The number of aryl methyl sites for hydroxylation is 1. The molecule has 0 bridgehead atoms. The van der Waals surface area contributed by atoms with Gasteiger partial charge in [0.1, 0.15) is 0 Å². The Morgan fingerprint density at radius 1 is 1.69 bits per heavy atom. The molecule has 16 heavy (non-hydrogen) atoms. The van der Waals surface area contributed by atoms with Crippen molar-refractivity contribution >= 4 is 11.3 Å². The molecule has 2 heteroatoms. The van der Waals surface area contributed by atoms with Gasteiger partial charge in [-0.1, -0.05) is 19.1 Å². The Morgan fingerprint density at radius 2 is 2.50 bits per heavy atom. The van der Waals surface area contributed by atoms with Crippen LogP contribution >= 0.6 is 11.3 Å². The molecule has 1 aliphatic carbocycles. The van der Waals surface area contributed by atoms with Gasteiger partial charge in [0, 0.05) is 16.8 Å². The van der Waals surface area contributed by atoms with E-state index < -0.39 is 0 Å². The van der Waals surface area contributed by atoms with E-state index in [1.165, 1.54) is 30.4 Å². The standard InChI is InChI=1S/C14H21NS/c1-3-10(2)9-13(15)11-5-4-6-14-12(11)7-8-16-14/h7-8,11,13H,2-6,9,15H2,1H3. The molecule has 0 spiro atoms. The van der Waals surface area contributed by atoms with Crippen molar-refractivity contribution in [3.05, 3.63) is 34.0 Å². The van der Waals surface area contributed by atoms with Crippen LogP contribution in [-0.4, -0.2) is 6.04 Å². The van der Waals surface area contributed by atoms with Gasteiger partial charge in [0.15, 0.2) is 0 Å². The van der Waals surface area contributed by atoms with Crippen LogP contribution in [0.1, 0.15) is 49.0 Å². The second-order valence-electron chi connectivity index (χ2n) is 4.77. The Morgan fingerprint density at radius 3 is 3.25 bits per heavy atom. The predicted molar refractivity (Wildman–Crippen MR) is 72.0 cm³/mol. The minimum absolute atomic E-state index is 0.265. The van der Waals surface area contributed by atoms with Crippen molar-refractivity contribution in [1.29, 1.82) is 0 Å². The van der Waals surface area contributed by atoms with E-state index in [4.69, 9.17) is 5.73 Å². The number of fused-ring (bicyclic) bond motifs is 1. The largest absolute Gasteiger partial charge is 0.327 e. The van der Waals surface area contributed by atoms with E-state index in [1.807, 2.05) is 11.3 Å². The van der Waals surface area contributed by atoms with Gasteiger partial charge in [0.2, 0.25) is 0 Å². The first-order valence-corrected chi connectivity index (χ1v) is 7.08. The van der Waals surface area contributed by atoms with Crippen LogP contribution < -0.4 is 5.73 Å². The van der Waals surface area contributed by atoms with E-state index >= 15 is 0 Å². The first-order chi connectivity index (χ1) is 7.72. The van der Waals surface area contributed by atoms with Gasteiger partial charge in [-0.25, -0.2) is 0 Å². The van der Waals surface area contributed by atoms with E-state index in [9.17, 15) is 0 Å². The van der Waals surface area contributed by atoms with Crippen LogP contribution in [0.15, 0.2) is 23.6 Å². The van der Waals surface area contributed by atoms with Crippen molar-refractivity contribution in [3.8, 4) is 0 Å². The monoisotopic (exact) mass is 235 g/mol. The maximum Gasteiger partial charge on any atom is 0.0145 e. The molecule has 2 atom stereocenters. The van der Waals surface area contributed by atoms with Crippen molar-refractivity contribution < 1.29 is 0 Å². The van der Waals surface area contributed by atoms with Crippen LogP contribution in [0.3, 0.4) is 0 Å². The van der Waals surface area contributed by atoms with Gasteiger partial charge in [0.25, 0.3) is 0 Å². The van der Waals surface area contributed by atoms with Gasteiger partial charge >= 0.3 is 0 Å². The van der Waals surface area contributed by atoms with Gasteiger partial charge < -0.3 is 5.73 Å². The molecule has 0 saturated heterocycles. The molecule has 1 aliphatic rings. The predicted octanol–water partition coefficient (Wildman–Crippen LogP) is 3.85. The Labute approximate surface area is 102 Å². The highest BCUT2D eigenvalue weighted by Crippen LogP contribution is 2.37. The van der Waals surface area contributed by atoms with E-state index in [1.54, 1.807) is 4.88 Å². The minimum atomic E-state index is 0.265. The lowest BCUT2D eigenvalue weighted by molar-refractivity contribution is 0.461. The Hall–Kier alpha value is -0.600. The zero-order chi connectivity index (χ0) is 11.5. The molecule has 0 radical (unpaired) electrons. The molecule has 2 rings (SSSR count). The third kappa shape index (κ3) is 2.38. The quantitative estimate of drug-likeness (QED) is 0.788. The molecular formula is C14H21NS. The summed E-state index contributed by atoms with van der Waals surface area (Å²) in [6, 6.07) is 2.54. The third-order valence-electron chi connectivity index (χ3n) is 3.64. The smallest absolute Gasteiger partial charge is 0.0145 e. The zero-order valence-electron chi connectivity index (χ0n) is 10.0. The average molecular weight is 235 g/mol. The van der Waals surface area contributed by atoms with Gasteiger partial charge in [-0.05, 0) is 49.1 Å². The lowest BCUT2D eigenvalue weighted by Gasteiger charge is -2.28. The maximum atomic E-state index is 6.34. The summed E-state index contributed by atoms with van der Waals surface area (Å²) >= 11 is 1.89. The fourth-order valence-electron chi connectivity index (χ4n) is 2.59. The normalized spacial score (nSPS) is 21.5. The van der Waals surface area contributed by atoms with Crippen molar-refractivity contribution in [2.24, 2.45) is 5.73 Å². The number of nitrogens with two attached hydrogens (primary N) is 1. The van der Waals surface area contributed by atoms with Crippen LogP contribution in [0.5, 0.6) is 0 Å². The summed E-state index contributed by atoms with van der Waals surface area (Å²) in [5.74, 6) is 0.568. The van der Waals surface area contributed by atoms with Crippen molar-refractivity contribution in [3.63, 3.8) is 0 Å². The fraction of sp³-hybridized carbons (Fsp3) is 0.571. The number of thiophene rings is 1. The number of hydrogen-bond acceptors (Lipinski definition) is 2. The van der Waals surface area contributed by atoms with Crippen LogP contribution in [-0.2, 0) is 6.42 Å². The summed E-state index contributed by atoms with van der Waals surface area (Å²) in [6.07, 6.45) is 5.84. The highest BCUT2D eigenvalue weighted by atomic mass is 32.1. The SMILES string of the molecule is C=C(CC)CC(N)C1CCCc2sccc21. The Bertz CT molecular complexity index is 367. The number of rotatable bonds is 4. The summed E-state index contributed by atoms with van der Waals surface area (Å²) in [5, 5.41) is 2.21. The highest BCUT2D eigenvalue weighted by Gasteiger charge is 2.26. The molecule has 1 aromatic rings. The van der Waals surface area contributed by atoms with E-state index in [-0.39, 0.29) is 6.04 Å². The molecule has 2 N–H and O–H groups in total. The second kappa shape index (κ2) is 5.15. The molecule has 0 aliphatic heterocycles. The molecule has 1 aromatic heterocycles. The van der Waals surface area contributed by atoms with Crippen LogP contribution in [0.25, 0.3) is 0 Å². The van der Waals surface area contributed by atoms with Crippen molar-refractivity contribution in [2.45, 2.75) is 51.0 Å². The molecule has 88 valence electrons. The molecule has 0 saturated carbocycles. The summed E-state index contributed by atoms with van der Waals surface area (Å²) in [6.45, 7) is 6.23. The number of hydrogen-bond donors (Lipinski definition) is 1. The summed E-state index contributed by atoms with van der Waals surface area (Å²) < 4.78 is 0. The van der Waals surface area contributed by atoms with Crippen LogP contribution in [0.2, 0.25) is 0 Å². The average Bonchev–Trinajstić information content (AvgIpc) is 2.76. The molecule has 1 heterocycles. The fourth-order valence-corrected chi connectivity index (χ4v) is 3.58. The minimum Gasteiger partial charge on any atom is -0.327 e. The van der Waals surface area contributed by atoms with E-state index in [0.717, 1.165) is 12.8 Å². The van der Waals surface area contributed by atoms with Crippen molar-refractivity contribution in [1.82, 2.24) is 0 Å². The first kappa shape index (κ1) is 11.9. The Balaban J connectivity index is 2.09. The second-order valence-corrected chi connectivity index (χ2v) is 5.77. The van der Waals surface area contributed by atoms with Gasteiger partial charge in [0.05, 0.1) is 0 Å². The Kier molecular flexibility index (Phi) is 3.82. The molecule has 0 aromatic carbocycles. The molecule has 0 fully saturated rings. The summed E-state index contributed by atoms with van der Waals surface area (Å²) in [4.78, 5) is 1.56. The maximum absolute atomic E-state index is 6.34. The lowest BCUT2D eigenvalue weighted by atomic mass is 9.80. The summed E-state index contributed by atoms with van der Waals surface area (Å²) in [5.41, 5.74) is 9.15. The van der Waals surface area contributed by atoms with E-state index in [0.29, 0.717) is 5.92 Å². The third-order valence-corrected chi connectivity index (χ3v) is 4.64.